The van der Waals surface area contributed by atoms with Gasteiger partial charge in [0.2, 0.25) is 0 Å². The number of carbonyl (C=O) groups is 1. The summed E-state index contributed by atoms with van der Waals surface area (Å²) in [6.45, 7) is 3.41. The van der Waals surface area contributed by atoms with Gasteiger partial charge < -0.3 is 10.1 Å². The van der Waals surface area contributed by atoms with Crippen LogP contribution in [0.2, 0.25) is 0 Å². The molecule has 2 aromatic rings. The number of nitrogens with zero attached hydrogens (tertiary/aromatic N) is 3. The Hall–Kier alpha value is -1.89. The van der Waals surface area contributed by atoms with Gasteiger partial charge in [0.1, 0.15) is 0 Å². The minimum Gasteiger partial charge on any atom is -0.465 e. The standard InChI is InChI=1S/C13H15BrN4O2/c1-3-18-10(8-16-17-18)7-15-9-4-5-11(12(14)6-9)13(19)20-2/h4-6,8,15H,3,7H2,1-2H3. The molecule has 20 heavy (non-hydrogen) atoms. The summed E-state index contributed by atoms with van der Waals surface area (Å²) in [4.78, 5) is 11.5. The van der Waals surface area contributed by atoms with Crippen LogP contribution in [-0.4, -0.2) is 28.1 Å². The van der Waals surface area contributed by atoms with E-state index in [1.165, 1.54) is 7.11 Å². The van der Waals surface area contributed by atoms with Crippen molar-refractivity contribution >= 4 is 27.6 Å². The number of hydrogen-bond acceptors (Lipinski definition) is 5. The van der Waals surface area contributed by atoms with Gasteiger partial charge in [-0.2, -0.15) is 0 Å². The number of hydrogen-bond donors (Lipinski definition) is 1. The Morgan fingerprint density at radius 1 is 1.50 bits per heavy atom. The zero-order valence-electron chi connectivity index (χ0n) is 11.3. The van der Waals surface area contributed by atoms with Crippen molar-refractivity contribution in [1.82, 2.24) is 15.0 Å². The molecule has 1 heterocycles. The Morgan fingerprint density at radius 3 is 2.95 bits per heavy atom. The molecule has 2 rings (SSSR count). The van der Waals surface area contributed by atoms with Crippen LogP contribution in [0.3, 0.4) is 0 Å². The van der Waals surface area contributed by atoms with Crippen molar-refractivity contribution in [2.45, 2.75) is 20.0 Å². The Morgan fingerprint density at radius 2 is 2.30 bits per heavy atom. The number of aromatic nitrogens is 3. The summed E-state index contributed by atoms with van der Waals surface area (Å²) in [5.74, 6) is -0.364. The minimum atomic E-state index is -0.364. The summed E-state index contributed by atoms with van der Waals surface area (Å²) in [7, 11) is 1.36. The number of anilines is 1. The van der Waals surface area contributed by atoms with Crippen molar-refractivity contribution in [3.63, 3.8) is 0 Å². The van der Waals surface area contributed by atoms with Gasteiger partial charge >= 0.3 is 5.97 Å². The highest BCUT2D eigenvalue weighted by atomic mass is 79.9. The zero-order valence-corrected chi connectivity index (χ0v) is 12.8. The highest BCUT2D eigenvalue weighted by Crippen LogP contribution is 2.22. The predicted octanol–water partition coefficient (Wildman–Crippen LogP) is 2.46. The van der Waals surface area contributed by atoms with Crippen molar-refractivity contribution in [3.8, 4) is 0 Å². The van der Waals surface area contributed by atoms with E-state index in [4.69, 9.17) is 4.74 Å². The van der Waals surface area contributed by atoms with E-state index < -0.39 is 0 Å². The van der Waals surface area contributed by atoms with Gasteiger partial charge in [-0.1, -0.05) is 5.21 Å². The van der Waals surface area contributed by atoms with Crippen LogP contribution in [0.1, 0.15) is 23.0 Å². The fourth-order valence-corrected chi connectivity index (χ4v) is 2.32. The number of rotatable bonds is 5. The van der Waals surface area contributed by atoms with Crippen LogP contribution in [0, 0.1) is 0 Å². The molecule has 106 valence electrons. The summed E-state index contributed by atoms with van der Waals surface area (Å²) < 4.78 is 7.21. The molecule has 0 saturated carbocycles. The van der Waals surface area contributed by atoms with E-state index in [0.29, 0.717) is 16.6 Å². The van der Waals surface area contributed by atoms with Gasteiger partial charge in [-0.15, -0.1) is 5.10 Å². The number of ether oxygens (including phenoxy) is 1. The Bertz CT molecular complexity index is 612. The van der Waals surface area contributed by atoms with Crippen LogP contribution in [-0.2, 0) is 17.8 Å². The number of nitrogens with one attached hydrogen (secondary N) is 1. The summed E-state index contributed by atoms with van der Waals surface area (Å²) in [5.41, 5.74) is 2.40. The summed E-state index contributed by atoms with van der Waals surface area (Å²) in [6.07, 6.45) is 1.73. The van der Waals surface area contributed by atoms with Crippen LogP contribution in [0.5, 0.6) is 0 Å². The second-order valence-corrected chi connectivity index (χ2v) is 4.94. The van der Waals surface area contributed by atoms with Gasteiger partial charge in [-0.05, 0) is 41.1 Å². The first-order valence-corrected chi connectivity index (χ1v) is 6.94. The first kappa shape index (κ1) is 14.5. The molecule has 0 radical (unpaired) electrons. The van der Waals surface area contributed by atoms with E-state index in [1.807, 2.05) is 23.7 Å². The van der Waals surface area contributed by atoms with Gasteiger partial charge in [0.05, 0.1) is 31.1 Å². The van der Waals surface area contributed by atoms with Crippen molar-refractivity contribution in [1.29, 1.82) is 0 Å². The van der Waals surface area contributed by atoms with E-state index in [-0.39, 0.29) is 5.97 Å². The largest absolute Gasteiger partial charge is 0.465 e. The van der Waals surface area contributed by atoms with Crippen molar-refractivity contribution in [2.75, 3.05) is 12.4 Å². The zero-order chi connectivity index (χ0) is 14.5. The van der Waals surface area contributed by atoms with Crippen LogP contribution in [0.15, 0.2) is 28.9 Å². The van der Waals surface area contributed by atoms with Gasteiger partial charge in [0.15, 0.2) is 0 Å². The van der Waals surface area contributed by atoms with Gasteiger partial charge in [-0.25, -0.2) is 9.48 Å². The molecule has 0 aliphatic rings. The second-order valence-electron chi connectivity index (χ2n) is 4.08. The Labute approximate surface area is 125 Å². The molecular weight excluding hydrogens is 324 g/mol. The molecule has 6 nitrogen and oxygen atoms in total. The molecule has 0 unspecified atom stereocenters. The molecule has 0 atom stereocenters. The smallest absolute Gasteiger partial charge is 0.339 e. The first-order valence-electron chi connectivity index (χ1n) is 6.14. The van der Waals surface area contributed by atoms with E-state index >= 15 is 0 Å². The topological polar surface area (TPSA) is 69.0 Å². The Kier molecular flexibility index (Phi) is 4.73. The number of benzene rings is 1. The maximum Gasteiger partial charge on any atom is 0.339 e. The lowest BCUT2D eigenvalue weighted by Crippen LogP contribution is -2.08. The third-order valence-corrected chi connectivity index (χ3v) is 3.50. The number of esters is 1. The molecule has 0 aliphatic carbocycles. The van der Waals surface area contributed by atoms with Crippen molar-refractivity contribution in [2.24, 2.45) is 0 Å². The van der Waals surface area contributed by atoms with Crippen LogP contribution in [0.25, 0.3) is 0 Å². The molecule has 0 amide bonds. The lowest BCUT2D eigenvalue weighted by Gasteiger charge is -2.09. The molecule has 0 saturated heterocycles. The quantitative estimate of drug-likeness (QED) is 0.848. The maximum absolute atomic E-state index is 11.5. The minimum absolute atomic E-state index is 0.364. The van der Waals surface area contributed by atoms with Crippen molar-refractivity contribution in [3.05, 3.63) is 40.1 Å². The molecule has 1 aromatic carbocycles. The summed E-state index contributed by atoms with van der Waals surface area (Å²) in [6, 6.07) is 5.39. The van der Waals surface area contributed by atoms with Gasteiger partial charge in [-0.3, -0.25) is 0 Å². The monoisotopic (exact) mass is 338 g/mol. The lowest BCUT2D eigenvalue weighted by atomic mass is 10.2. The van der Waals surface area contributed by atoms with Crippen molar-refractivity contribution < 1.29 is 9.53 Å². The third kappa shape index (κ3) is 3.16. The fraction of sp³-hybridized carbons (Fsp3) is 0.308. The van der Waals surface area contributed by atoms with Gasteiger partial charge in [0, 0.05) is 16.7 Å². The summed E-state index contributed by atoms with van der Waals surface area (Å²) in [5, 5.41) is 11.1. The average Bonchev–Trinajstić information content (AvgIpc) is 2.92. The number of aryl methyl sites for hydroxylation is 1. The van der Waals surface area contributed by atoms with Crippen LogP contribution >= 0.6 is 15.9 Å². The highest BCUT2D eigenvalue weighted by molar-refractivity contribution is 9.10. The van der Waals surface area contributed by atoms with Crippen LogP contribution in [0.4, 0.5) is 5.69 Å². The highest BCUT2D eigenvalue weighted by Gasteiger charge is 2.10. The SMILES string of the molecule is CCn1nncc1CNc1ccc(C(=O)OC)c(Br)c1. The van der Waals surface area contributed by atoms with Crippen LogP contribution < -0.4 is 5.32 Å². The second kappa shape index (κ2) is 6.51. The molecule has 0 fully saturated rings. The first-order chi connectivity index (χ1) is 9.65. The number of methoxy groups -OCH3 is 1. The van der Waals surface area contributed by atoms with E-state index in [2.05, 4.69) is 31.6 Å². The van der Waals surface area contributed by atoms with E-state index in [0.717, 1.165) is 17.9 Å². The van der Waals surface area contributed by atoms with E-state index in [9.17, 15) is 4.79 Å². The fourth-order valence-electron chi connectivity index (χ4n) is 1.78. The molecule has 7 heteroatoms. The molecule has 0 aliphatic heterocycles. The van der Waals surface area contributed by atoms with Gasteiger partial charge in [0.25, 0.3) is 0 Å². The predicted molar refractivity (Wildman–Crippen MR) is 78.5 cm³/mol. The maximum atomic E-state index is 11.5. The molecule has 1 aromatic heterocycles. The Balaban J connectivity index is 2.07. The lowest BCUT2D eigenvalue weighted by molar-refractivity contribution is 0.0599. The molecule has 1 N–H and O–H groups in total. The molecular formula is C13H15BrN4O2. The number of carbonyl (C=O) groups excluding carboxylic acids is 1. The average molecular weight is 339 g/mol. The molecule has 0 spiro atoms. The van der Waals surface area contributed by atoms with E-state index in [1.54, 1.807) is 12.3 Å². The number of halogens is 1. The third-order valence-electron chi connectivity index (χ3n) is 2.85. The molecule has 0 bridgehead atoms. The normalized spacial score (nSPS) is 10.3. The summed E-state index contributed by atoms with van der Waals surface area (Å²) >= 11 is 3.36.